The van der Waals surface area contributed by atoms with Crippen molar-refractivity contribution < 1.29 is 28.6 Å². The summed E-state index contributed by atoms with van der Waals surface area (Å²) >= 11 is 0. The Morgan fingerprint density at radius 2 is 0.655 bits per heavy atom. The molecule has 0 aliphatic rings. The Hall–Kier alpha value is -1.59. The zero-order valence-corrected chi connectivity index (χ0v) is 39.7. The summed E-state index contributed by atoms with van der Waals surface area (Å²) < 4.78 is 16.7. The lowest BCUT2D eigenvalue weighted by Gasteiger charge is -2.18. The Bertz CT molecular complexity index is 887. The maximum atomic E-state index is 12.6. The van der Waals surface area contributed by atoms with E-state index in [1.165, 1.54) is 167 Å². The fourth-order valence-electron chi connectivity index (χ4n) is 7.78. The third-order valence-corrected chi connectivity index (χ3v) is 12.1. The van der Waals surface area contributed by atoms with Gasteiger partial charge in [0.15, 0.2) is 6.10 Å². The summed E-state index contributed by atoms with van der Waals surface area (Å²) in [5.74, 6) is 0.864. The first-order chi connectivity index (χ1) is 28.3. The van der Waals surface area contributed by atoms with Crippen LogP contribution in [0.25, 0.3) is 0 Å². The van der Waals surface area contributed by atoms with Gasteiger partial charge in [0.1, 0.15) is 13.2 Å². The van der Waals surface area contributed by atoms with Crippen LogP contribution in [0.5, 0.6) is 0 Å². The summed E-state index contributed by atoms with van der Waals surface area (Å²) in [5.41, 5.74) is 0. The fraction of sp³-hybridized carbons (Fsp3) is 0.942. The van der Waals surface area contributed by atoms with Gasteiger partial charge < -0.3 is 14.2 Å². The average molecular weight is 821 g/mol. The normalized spacial score (nSPS) is 12.5. The third kappa shape index (κ3) is 44.0. The Balaban J connectivity index is 4.01. The first-order valence-electron chi connectivity index (χ1n) is 25.8. The van der Waals surface area contributed by atoms with Crippen molar-refractivity contribution in [1.29, 1.82) is 0 Å². The highest BCUT2D eigenvalue weighted by atomic mass is 16.6. The van der Waals surface area contributed by atoms with Crippen LogP contribution in [0, 0.1) is 11.8 Å². The Kier molecular flexibility index (Phi) is 43.7. The van der Waals surface area contributed by atoms with E-state index < -0.39 is 6.10 Å². The van der Waals surface area contributed by atoms with Crippen LogP contribution in [0.1, 0.15) is 285 Å². The fourth-order valence-corrected chi connectivity index (χ4v) is 7.78. The van der Waals surface area contributed by atoms with Crippen LogP contribution in [0.3, 0.4) is 0 Å². The summed E-state index contributed by atoms with van der Waals surface area (Å²) in [5, 5.41) is 0. The van der Waals surface area contributed by atoms with Crippen molar-refractivity contribution in [3.05, 3.63) is 0 Å². The predicted octanol–water partition coefficient (Wildman–Crippen LogP) is 16.5. The molecule has 2 atom stereocenters. The first kappa shape index (κ1) is 56.4. The maximum absolute atomic E-state index is 12.6. The number of hydrogen-bond acceptors (Lipinski definition) is 6. The van der Waals surface area contributed by atoms with Crippen molar-refractivity contribution in [2.24, 2.45) is 11.8 Å². The molecule has 0 saturated heterocycles. The van der Waals surface area contributed by atoms with Crippen molar-refractivity contribution in [2.75, 3.05) is 13.2 Å². The van der Waals surface area contributed by atoms with E-state index in [0.29, 0.717) is 19.3 Å². The molecule has 0 heterocycles. The summed E-state index contributed by atoms with van der Waals surface area (Å²) in [6.07, 6.45) is 45.6. The van der Waals surface area contributed by atoms with Gasteiger partial charge in [-0.05, 0) is 31.1 Å². The van der Waals surface area contributed by atoms with Crippen molar-refractivity contribution >= 4 is 17.9 Å². The summed E-state index contributed by atoms with van der Waals surface area (Å²) in [4.78, 5) is 37.6. The van der Waals surface area contributed by atoms with Gasteiger partial charge in [-0.15, -0.1) is 0 Å². The van der Waals surface area contributed by atoms with E-state index in [0.717, 1.165) is 76.0 Å². The lowest BCUT2D eigenvalue weighted by atomic mass is 9.99. The van der Waals surface area contributed by atoms with E-state index in [1.54, 1.807) is 0 Å². The molecule has 0 radical (unpaired) electrons. The molecule has 1 unspecified atom stereocenters. The van der Waals surface area contributed by atoms with Gasteiger partial charge in [0.25, 0.3) is 0 Å². The molecule has 0 aliphatic heterocycles. The lowest BCUT2D eigenvalue weighted by molar-refractivity contribution is -0.167. The SMILES string of the molecule is CCCCCCCC(=O)O[C@@H](COC(=O)CCCCCCCCCCCCCCCCCCCCC(C)CC)COC(=O)CCCCCCCCCCCCC(C)C. The van der Waals surface area contributed by atoms with Crippen molar-refractivity contribution in [2.45, 2.75) is 291 Å². The number of esters is 3. The van der Waals surface area contributed by atoms with Crippen LogP contribution in [-0.2, 0) is 28.6 Å². The molecule has 0 N–H and O–H groups in total. The second-order valence-electron chi connectivity index (χ2n) is 18.5. The van der Waals surface area contributed by atoms with Crippen molar-refractivity contribution in [3.8, 4) is 0 Å². The minimum absolute atomic E-state index is 0.0653. The molecule has 0 bridgehead atoms. The molecule has 0 saturated carbocycles. The minimum Gasteiger partial charge on any atom is -0.462 e. The molecular formula is C52H100O6. The molecule has 0 amide bonds. The van der Waals surface area contributed by atoms with E-state index in [1.807, 2.05) is 0 Å². The van der Waals surface area contributed by atoms with Crippen LogP contribution in [-0.4, -0.2) is 37.2 Å². The highest BCUT2D eigenvalue weighted by Crippen LogP contribution is 2.18. The molecule has 0 spiro atoms. The number of carbonyl (C=O) groups excluding carboxylic acids is 3. The molecule has 6 heteroatoms. The molecule has 0 aromatic rings. The molecule has 6 nitrogen and oxygen atoms in total. The number of carbonyl (C=O) groups is 3. The van der Waals surface area contributed by atoms with Crippen LogP contribution in [0.2, 0.25) is 0 Å². The van der Waals surface area contributed by atoms with Gasteiger partial charge in [-0.3, -0.25) is 14.4 Å². The van der Waals surface area contributed by atoms with E-state index in [2.05, 4.69) is 34.6 Å². The van der Waals surface area contributed by atoms with E-state index in [9.17, 15) is 14.4 Å². The summed E-state index contributed by atoms with van der Waals surface area (Å²) in [7, 11) is 0. The first-order valence-corrected chi connectivity index (χ1v) is 25.8. The zero-order chi connectivity index (χ0) is 42.6. The van der Waals surface area contributed by atoms with Gasteiger partial charge in [-0.25, -0.2) is 0 Å². The highest BCUT2D eigenvalue weighted by Gasteiger charge is 2.19. The van der Waals surface area contributed by atoms with E-state index in [-0.39, 0.29) is 31.1 Å². The van der Waals surface area contributed by atoms with Crippen LogP contribution >= 0.6 is 0 Å². The molecule has 58 heavy (non-hydrogen) atoms. The maximum Gasteiger partial charge on any atom is 0.306 e. The van der Waals surface area contributed by atoms with Gasteiger partial charge in [0.05, 0.1) is 0 Å². The van der Waals surface area contributed by atoms with Gasteiger partial charge in [0, 0.05) is 19.3 Å². The lowest BCUT2D eigenvalue weighted by Crippen LogP contribution is -2.30. The van der Waals surface area contributed by atoms with Crippen LogP contribution in [0.15, 0.2) is 0 Å². The molecular weight excluding hydrogens is 721 g/mol. The van der Waals surface area contributed by atoms with Gasteiger partial charge in [0.2, 0.25) is 0 Å². The molecule has 344 valence electrons. The molecule has 0 aliphatic carbocycles. The number of unbranched alkanes of at least 4 members (excludes halogenated alkanes) is 30. The standard InChI is InChI=1S/C52H100O6/c1-6-8-9-30-39-44-52(55)58-49(46-57-51(54)43-38-34-29-25-21-20-22-26-31-35-40-47(3)4)45-56-50(53)42-37-33-28-24-19-17-15-13-11-10-12-14-16-18-23-27-32-36-41-48(5)7-2/h47-49H,6-46H2,1-5H3/t48?,49-/m0/s1. The predicted molar refractivity (Wildman–Crippen MR) is 247 cm³/mol. The second kappa shape index (κ2) is 44.9. The smallest absolute Gasteiger partial charge is 0.306 e. The summed E-state index contributed by atoms with van der Waals surface area (Å²) in [6.45, 7) is 11.3. The quantitative estimate of drug-likeness (QED) is 0.0346. The van der Waals surface area contributed by atoms with Crippen LogP contribution in [0.4, 0.5) is 0 Å². The van der Waals surface area contributed by atoms with Gasteiger partial charge in [-0.1, -0.05) is 247 Å². The van der Waals surface area contributed by atoms with Crippen molar-refractivity contribution in [1.82, 2.24) is 0 Å². The Morgan fingerprint density at radius 1 is 0.362 bits per heavy atom. The zero-order valence-electron chi connectivity index (χ0n) is 39.7. The third-order valence-electron chi connectivity index (χ3n) is 12.1. The number of rotatable bonds is 46. The minimum atomic E-state index is -0.759. The monoisotopic (exact) mass is 821 g/mol. The van der Waals surface area contributed by atoms with Crippen molar-refractivity contribution in [3.63, 3.8) is 0 Å². The molecule has 0 aromatic carbocycles. The molecule has 0 fully saturated rings. The Labute approximate surface area is 361 Å². The van der Waals surface area contributed by atoms with E-state index >= 15 is 0 Å². The molecule has 0 rings (SSSR count). The number of ether oxygens (including phenoxy) is 3. The number of hydrogen-bond donors (Lipinski definition) is 0. The van der Waals surface area contributed by atoms with E-state index in [4.69, 9.17) is 14.2 Å². The van der Waals surface area contributed by atoms with Gasteiger partial charge in [-0.2, -0.15) is 0 Å². The Morgan fingerprint density at radius 3 is 0.983 bits per heavy atom. The van der Waals surface area contributed by atoms with Gasteiger partial charge >= 0.3 is 17.9 Å². The highest BCUT2D eigenvalue weighted by molar-refractivity contribution is 5.71. The topological polar surface area (TPSA) is 78.9 Å². The summed E-state index contributed by atoms with van der Waals surface area (Å²) in [6, 6.07) is 0. The average Bonchev–Trinajstić information content (AvgIpc) is 3.21. The van der Waals surface area contributed by atoms with Crippen LogP contribution < -0.4 is 0 Å². The largest absolute Gasteiger partial charge is 0.462 e. The molecule has 0 aromatic heterocycles. The second-order valence-corrected chi connectivity index (χ2v) is 18.5.